The fourth-order valence-electron chi connectivity index (χ4n) is 1.72. The molecule has 0 aliphatic carbocycles. The molecule has 17 heavy (non-hydrogen) atoms. The number of rotatable bonds is 8. The molecule has 0 spiro atoms. The molecule has 96 valence electrons. The van der Waals surface area contributed by atoms with Gasteiger partial charge in [-0.05, 0) is 18.2 Å². The van der Waals surface area contributed by atoms with Crippen molar-refractivity contribution in [2.24, 2.45) is 0 Å². The second kappa shape index (κ2) is 8.56. The van der Waals surface area contributed by atoms with Crippen LogP contribution in [0.5, 0.6) is 0 Å². The summed E-state index contributed by atoms with van der Waals surface area (Å²) in [4.78, 5) is 2.33. The van der Waals surface area contributed by atoms with Gasteiger partial charge in [-0.1, -0.05) is 37.3 Å². The Labute approximate surface area is 109 Å². The molecule has 0 heterocycles. The first-order valence-corrected chi connectivity index (χ1v) is 7.59. The van der Waals surface area contributed by atoms with E-state index < -0.39 is 0 Å². The van der Waals surface area contributed by atoms with Gasteiger partial charge < -0.3 is 5.11 Å². The lowest BCUT2D eigenvalue weighted by Gasteiger charge is -2.24. The van der Waals surface area contributed by atoms with Crippen LogP contribution >= 0.6 is 11.8 Å². The summed E-state index contributed by atoms with van der Waals surface area (Å²) in [5.41, 5.74) is 1.32. The Morgan fingerprint density at radius 3 is 2.59 bits per heavy atom. The van der Waals surface area contributed by atoms with Crippen molar-refractivity contribution < 1.29 is 5.11 Å². The van der Waals surface area contributed by atoms with Crippen LogP contribution in [0.25, 0.3) is 0 Å². The van der Waals surface area contributed by atoms with E-state index in [1.807, 2.05) is 24.8 Å². The SMILES string of the molecule is CCC(O)CN(CCSC)Cc1ccccc1. The molecule has 0 fully saturated rings. The lowest BCUT2D eigenvalue weighted by atomic mass is 10.2. The van der Waals surface area contributed by atoms with E-state index in [1.165, 1.54) is 5.56 Å². The number of nitrogens with zero attached hydrogens (tertiary/aromatic N) is 1. The zero-order valence-corrected chi connectivity index (χ0v) is 11.6. The van der Waals surface area contributed by atoms with Crippen LogP contribution in [0.2, 0.25) is 0 Å². The fraction of sp³-hybridized carbons (Fsp3) is 0.571. The van der Waals surface area contributed by atoms with Gasteiger partial charge in [0, 0.05) is 25.4 Å². The highest BCUT2D eigenvalue weighted by Gasteiger charge is 2.10. The number of aliphatic hydroxyl groups excluding tert-OH is 1. The maximum Gasteiger partial charge on any atom is 0.0664 e. The summed E-state index contributed by atoms with van der Waals surface area (Å²) in [5, 5.41) is 9.76. The first-order valence-electron chi connectivity index (χ1n) is 6.19. The predicted octanol–water partition coefficient (Wildman–Crippen LogP) is 2.62. The standard InChI is InChI=1S/C14H23NOS/c1-3-14(16)12-15(9-10-17-2)11-13-7-5-4-6-8-13/h4-8,14,16H,3,9-12H2,1-2H3. The highest BCUT2D eigenvalue weighted by atomic mass is 32.2. The lowest BCUT2D eigenvalue weighted by Crippen LogP contribution is -2.33. The van der Waals surface area contributed by atoms with Crippen molar-refractivity contribution in [3.05, 3.63) is 35.9 Å². The maximum absolute atomic E-state index is 9.76. The average Bonchev–Trinajstić information content (AvgIpc) is 2.37. The minimum atomic E-state index is -0.208. The summed E-state index contributed by atoms with van der Waals surface area (Å²) in [6.45, 7) is 4.76. The van der Waals surface area contributed by atoms with Crippen molar-refractivity contribution in [2.45, 2.75) is 26.0 Å². The van der Waals surface area contributed by atoms with Gasteiger partial charge in [-0.3, -0.25) is 4.90 Å². The van der Waals surface area contributed by atoms with Gasteiger partial charge in [0.05, 0.1) is 6.10 Å². The van der Waals surface area contributed by atoms with E-state index in [9.17, 15) is 5.11 Å². The highest BCUT2D eigenvalue weighted by molar-refractivity contribution is 7.98. The van der Waals surface area contributed by atoms with Gasteiger partial charge in [-0.15, -0.1) is 0 Å². The smallest absolute Gasteiger partial charge is 0.0664 e. The van der Waals surface area contributed by atoms with Crippen molar-refractivity contribution in [1.29, 1.82) is 0 Å². The van der Waals surface area contributed by atoms with Gasteiger partial charge in [0.15, 0.2) is 0 Å². The Kier molecular flexibility index (Phi) is 7.33. The first-order chi connectivity index (χ1) is 8.26. The Hall–Kier alpha value is -0.510. The Balaban J connectivity index is 2.50. The van der Waals surface area contributed by atoms with E-state index in [4.69, 9.17) is 0 Å². The van der Waals surface area contributed by atoms with Gasteiger partial charge in [0.1, 0.15) is 0 Å². The third-order valence-corrected chi connectivity index (χ3v) is 3.39. The van der Waals surface area contributed by atoms with E-state index in [0.717, 1.165) is 31.8 Å². The molecule has 0 radical (unpaired) electrons. The average molecular weight is 253 g/mol. The van der Waals surface area contributed by atoms with E-state index in [2.05, 4.69) is 35.4 Å². The summed E-state index contributed by atoms with van der Waals surface area (Å²) >= 11 is 1.85. The van der Waals surface area contributed by atoms with Crippen molar-refractivity contribution in [3.63, 3.8) is 0 Å². The zero-order chi connectivity index (χ0) is 12.5. The molecular formula is C14H23NOS. The molecule has 0 amide bonds. The zero-order valence-electron chi connectivity index (χ0n) is 10.8. The fourth-order valence-corrected chi connectivity index (χ4v) is 2.16. The molecular weight excluding hydrogens is 230 g/mol. The van der Waals surface area contributed by atoms with Crippen molar-refractivity contribution >= 4 is 11.8 Å². The Bertz CT molecular complexity index is 292. The number of hydrogen-bond donors (Lipinski definition) is 1. The van der Waals surface area contributed by atoms with Crippen LogP contribution in [0.15, 0.2) is 30.3 Å². The minimum absolute atomic E-state index is 0.208. The van der Waals surface area contributed by atoms with E-state index >= 15 is 0 Å². The van der Waals surface area contributed by atoms with Crippen LogP contribution < -0.4 is 0 Å². The van der Waals surface area contributed by atoms with Crippen LogP contribution in [-0.2, 0) is 6.54 Å². The molecule has 0 aliphatic rings. The van der Waals surface area contributed by atoms with Crippen LogP contribution in [0.3, 0.4) is 0 Å². The first kappa shape index (κ1) is 14.6. The normalized spacial score (nSPS) is 12.9. The van der Waals surface area contributed by atoms with Crippen LogP contribution in [0.1, 0.15) is 18.9 Å². The molecule has 3 heteroatoms. The maximum atomic E-state index is 9.76. The Morgan fingerprint density at radius 1 is 1.29 bits per heavy atom. The van der Waals surface area contributed by atoms with Gasteiger partial charge in [0.2, 0.25) is 0 Å². The van der Waals surface area contributed by atoms with E-state index in [-0.39, 0.29) is 6.10 Å². The summed E-state index contributed by atoms with van der Waals surface area (Å²) in [6.07, 6.45) is 2.74. The largest absolute Gasteiger partial charge is 0.392 e. The lowest BCUT2D eigenvalue weighted by molar-refractivity contribution is 0.109. The van der Waals surface area contributed by atoms with Crippen molar-refractivity contribution in [2.75, 3.05) is 25.1 Å². The van der Waals surface area contributed by atoms with Gasteiger partial charge in [-0.2, -0.15) is 11.8 Å². The quantitative estimate of drug-likeness (QED) is 0.770. The molecule has 1 rings (SSSR count). The predicted molar refractivity (Wildman–Crippen MR) is 76.4 cm³/mol. The molecule has 1 aromatic carbocycles. The molecule has 1 unspecified atom stereocenters. The summed E-state index contributed by atoms with van der Waals surface area (Å²) in [7, 11) is 0. The van der Waals surface area contributed by atoms with Gasteiger partial charge >= 0.3 is 0 Å². The van der Waals surface area contributed by atoms with Crippen LogP contribution in [0.4, 0.5) is 0 Å². The Morgan fingerprint density at radius 2 is 2.00 bits per heavy atom. The van der Waals surface area contributed by atoms with Crippen molar-refractivity contribution in [3.8, 4) is 0 Å². The molecule has 0 bridgehead atoms. The molecule has 0 saturated carbocycles. The number of thioether (sulfide) groups is 1. The molecule has 1 aromatic rings. The molecule has 1 N–H and O–H groups in total. The summed E-state index contributed by atoms with van der Waals surface area (Å²) in [5.74, 6) is 1.11. The summed E-state index contributed by atoms with van der Waals surface area (Å²) in [6, 6.07) is 10.5. The molecule has 1 atom stereocenters. The molecule has 2 nitrogen and oxygen atoms in total. The van der Waals surface area contributed by atoms with Gasteiger partial charge in [0.25, 0.3) is 0 Å². The highest BCUT2D eigenvalue weighted by Crippen LogP contribution is 2.07. The second-order valence-corrected chi connectivity index (χ2v) is 5.26. The summed E-state index contributed by atoms with van der Waals surface area (Å²) < 4.78 is 0. The molecule has 0 saturated heterocycles. The second-order valence-electron chi connectivity index (χ2n) is 4.28. The van der Waals surface area contributed by atoms with E-state index in [0.29, 0.717) is 0 Å². The van der Waals surface area contributed by atoms with Crippen LogP contribution in [0, 0.1) is 0 Å². The van der Waals surface area contributed by atoms with Crippen LogP contribution in [-0.4, -0.2) is 41.2 Å². The number of aliphatic hydroxyl groups is 1. The minimum Gasteiger partial charge on any atom is -0.392 e. The number of hydrogen-bond acceptors (Lipinski definition) is 3. The monoisotopic (exact) mass is 253 g/mol. The topological polar surface area (TPSA) is 23.5 Å². The molecule has 0 aromatic heterocycles. The number of benzene rings is 1. The van der Waals surface area contributed by atoms with Crippen molar-refractivity contribution in [1.82, 2.24) is 4.90 Å². The third kappa shape index (κ3) is 6.10. The van der Waals surface area contributed by atoms with Gasteiger partial charge in [-0.25, -0.2) is 0 Å². The molecule has 0 aliphatic heterocycles. The van der Waals surface area contributed by atoms with E-state index in [1.54, 1.807) is 0 Å². The third-order valence-electron chi connectivity index (χ3n) is 2.80.